The van der Waals surface area contributed by atoms with Crippen molar-refractivity contribution in [3.05, 3.63) is 45.3 Å². The number of nitriles is 1. The van der Waals surface area contributed by atoms with Gasteiger partial charge >= 0.3 is 0 Å². The third-order valence-electron chi connectivity index (χ3n) is 4.92. The lowest BCUT2D eigenvalue weighted by Gasteiger charge is -2.17. The van der Waals surface area contributed by atoms with Crippen molar-refractivity contribution in [2.45, 2.75) is 32.7 Å². The zero-order chi connectivity index (χ0) is 21.6. The summed E-state index contributed by atoms with van der Waals surface area (Å²) in [7, 11) is 1.60. The lowest BCUT2D eigenvalue weighted by atomic mass is 10.1. The molecule has 0 aliphatic rings. The fourth-order valence-electron chi connectivity index (χ4n) is 3.56. The van der Waals surface area contributed by atoms with Crippen LogP contribution in [0.25, 0.3) is 28.1 Å². The van der Waals surface area contributed by atoms with Gasteiger partial charge in [-0.1, -0.05) is 23.7 Å². The van der Waals surface area contributed by atoms with Gasteiger partial charge in [-0.05, 0) is 26.0 Å². The largest absolute Gasteiger partial charge is 0.384 e. The SMILES string of the molecule is COCC(C)c1nc(-c2ncn3c2c(=O)n(C(C)C)c2c(C#N)c(Cl)ccc23)no1. The maximum atomic E-state index is 13.5. The Bertz CT molecular complexity index is 1360. The molecular formula is C20H19ClN6O3. The van der Waals surface area contributed by atoms with Gasteiger partial charge in [0, 0.05) is 13.2 Å². The van der Waals surface area contributed by atoms with E-state index in [0.717, 1.165) is 0 Å². The average Bonchev–Trinajstić information content (AvgIpc) is 3.35. The molecule has 3 aromatic heterocycles. The third-order valence-corrected chi connectivity index (χ3v) is 5.23. The minimum atomic E-state index is -0.319. The molecule has 4 aromatic rings. The Morgan fingerprint density at radius 2 is 2.07 bits per heavy atom. The number of ether oxygens (including phenoxy) is 1. The fraction of sp³-hybridized carbons (Fsp3) is 0.350. The first kappa shape index (κ1) is 20.1. The van der Waals surface area contributed by atoms with Gasteiger partial charge in [0.25, 0.3) is 5.56 Å². The van der Waals surface area contributed by atoms with E-state index in [1.807, 2.05) is 20.8 Å². The topological polar surface area (TPSA) is 111 Å². The van der Waals surface area contributed by atoms with Crippen LogP contribution < -0.4 is 5.56 Å². The molecule has 0 aliphatic heterocycles. The highest BCUT2D eigenvalue weighted by Gasteiger charge is 2.24. The fourth-order valence-corrected chi connectivity index (χ4v) is 3.76. The standard InChI is InChI=1S/C20H19ClN6O3/c1-10(2)27-16-12(7-22)13(21)5-6-14(16)26-9-23-15(17(26)20(27)28)18-24-19(30-25-18)11(3)8-29-4/h5-6,9-11H,8H2,1-4H3. The molecule has 0 spiro atoms. The first-order chi connectivity index (χ1) is 14.4. The molecule has 0 bridgehead atoms. The van der Waals surface area contributed by atoms with Crippen LogP contribution in [0.2, 0.25) is 5.02 Å². The van der Waals surface area contributed by atoms with Crippen molar-refractivity contribution in [1.29, 1.82) is 5.26 Å². The van der Waals surface area contributed by atoms with Crippen LogP contribution in [0.5, 0.6) is 0 Å². The number of hydrogen-bond acceptors (Lipinski definition) is 7. The molecule has 0 amide bonds. The number of halogens is 1. The zero-order valence-corrected chi connectivity index (χ0v) is 17.6. The van der Waals surface area contributed by atoms with Crippen molar-refractivity contribution >= 4 is 28.2 Å². The van der Waals surface area contributed by atoms with E-state index in [4.69, 9.17) is 20.9 Å². The number of hydrogen-bond donors (Lipinski definition) is 0. The number of fused-ring (bicyclic) bond motifs is 3. The Hall–Kier alpha value is -3.22. The third kappa shape index (κ3) is 2.96. The van der Waals surface area contributed by atoms with E-state index in [-0.39, 0.29) is 33.9 Å². The molecule has 0 N–H and O–H groups in total. The molecule has 0 fully saturated rings. The predicted octanol–water partition coefficient (Wildman–Crippen LogP) is 3.56. The van der Waals surface area contributed by atoms with Crippen LogP contribution >= 0.6 is 11.6 Å². The van der Waals surface area contributed by atoms with Crippen molar-refractivity contribution < 1.29 is 9.26 Å². The minimum Gasteiger partial charge on any atom is -0.384 e. The quantitative estimate of drug-likeness (QED) is 0.479. The average molecular weight is 427 g/mol. The summed E-state index contributed by atoms with van der Waals surface area (Å²) in [6.45, 7) is 6.06. The summed E-state index contributed by atoms with van der Waals surface area (Å²) < 4.78 is 13.7. The molecule has 10 heteroatoms. The molecule has 1 unspecified atom stereocenters. The molecule has 3 heterocycles. The highest BCUT2D eigenvalue weighted by atomic mass is 35.5. The van der Waals surface area contributed by atoms with Gasteiger partial charge in [0.05, 0.1) is 34.1 Å². The van der Waals surface area contributed by atoms with E-state index in [1.165, 1.54) is 6.33 Å². The minimum absolute atomic E-state index is 0.0985. The summed E-state index contributed by atoms with van der Waals surface area (Å²) in [5, 5.41) is 14.0. The number of nitrogens with zero attached hydrogens (tertiary/aromatic N) is 6. The molecular weight excluding hydrogens is 408 g/mol. The van der Waals surface area contributed by atoms with Crippen molar-refractivity contribution in [2.75, 3.05) is 13.7 Å². The molecule has 0 saturated heterocycles. The van der Waals surface area contributed by atoms with Gasteiger partial charge in [-0.3, -0.25) is 9.20 Å². The molecule has 4 rings (SSSR count). The molecule has 0 radical (unpaired) electrons. The number of imidazole rings is 1. The van der Waals surface area contributed by atoms with Crippen LogP contribution in [-0.4, -0.2) is 37.8 Å². The predicted molar refractivity (Wildman–Crippen MR) is 111 cm³/mol. The van der Waals surface area contributed by atoms with E-state index in [2.05, 4.69) is 21.2 Å². The summed E-state index contributed by atoms with van der Waals surface area (Å²) in [5.41, 5.74) is 1.63. The zero-order valence-electron chi connectivity index (χ0n) is 16.9. The Morgan fingerprint density at radius 3 is 2.73 bits per heavy atom. The summed E-state index contributed by atoms with van der Waals surface area (Å²) in [5.74, 6) is 0.520. The Kier molecular flexibility index (Phi) is 5.05. The highest BCUT2D eigenvalue weighted by molar-refractivity contribution is 6.32. The number of benzene rings is 1. The van der Waals surface area contributed by atoms with Crippen LogP contribution in [-0.2, 0) is 4.74 Å². The van der Waals surface area contributed by atoms with Gasteiger partial charge in [-0.2, -0.15) is 10.2 Å². The number of methoxy groups -OCH3 is 1. The summed E-state index contributed by atoms with van der Waals surface area (Å²) in [6, 6.07) is 5.29. The molecule has 1 atom stereocenters. The molecule has 0 saturated carbocycles. The van der Waals surface area contributed by atoms with E-state index in [0.29, 0.717) is 34.7 Å². The summed E-state index contributed by atoms with van der Waals surface area (Å²) in [6.07, 6.45) is 1.52. The lowest BCUT2D eigenvalue weighted by Crippen LogP contribution is -2.25. The van der Waals surface area contributed by atoms with Crippen LogP contribution in [0.3, 0.4) is 0 Å². The Morgan fingerprint density at radius 1 is 1.30 bits per heavy atom. The first-order valence-electron chi connectivity index (χ1n) is 9.35. The van der Waals surface area contributed by atoms with Crippen LogP contribution in [0.1, 0.15) is 44.2 Å². The van der Waals surface area contributed by atoms with E-state index >= 15 is 0 Å². The molecule has 154 valence electrons. The van der Waals surface area contributed by atoms with E-state index in [1.54, 1.807) is 28.2 Å². The van der Waals surface area contributed by atoms with E-state index in [9.17, 15) is 10.1 Å². The second-order valence-corrected chi connectivity index (χ2v) is 7.70. The second-order valence-electron chi connectivity index (χ2n) is 7.30. The van der Waals surface area contributed by atoms with Gasteiger partial charge in [-0.15, -0.1) is 0 Å². The molecule has 30 heavy (non-hydrogen) atoms. The monoisotopic (exact) mass is 426 g/mol. The Labute approximate surface area is 176 Å². The first-order valence-corrected chi connectivity index (χ1v) is 9.73. The van der Waals surface area contributed by atoms with Crippen molar-refractivity contribution in [1.82, 2.24) is 24.1 Å². The highest BCUT2D eigenvalue weighted by Crippen LogP contribution is 2.29. The smallest absolute Gasteiger partial charge is 0.278 e. The van der Waals surface area contributed by atoms with Gasteiger partial charge in [0.15, 0.2) is 0 Å². The van der Waals surface area contributed by atoms with Crippen molar-refractivity contribution in [3.8, 4) is 17.6 Å². The maximum absolute atomic E-state index is 13.5. The van der Waals surface area contributed by atoms with Crippen molar-refractivity contribution in [2.24, 2.45) is 0 Å². The number of rotatable bonds is 5. The molecule has 0 aliphatic carbocycles. The van der Waals surface area contributed by atoms with Gasteiger partial charge in [0.1, 0.15) is 23.6 Å². The van der Waals surface area contributed by atoms with Crippen LogP contribution in [0.15, 0.2) is 27.8 Å². The second kappa shape index (κ2) is 7.55. The van der Waals surface area contributed by atoms with Crippen molar-refractivity contribution in [3.63, 3.8) is 0 Å². The van der Waals surface area contributed by atoms with Crippen LogP contribution in [0, 0.1) is 11.3 Å². The summed E-state index contributed by atoms with van der Waals surface area (Å²) in [4.78, 5) is 22.3. The van der Waals surface area contributed by atoms with Gasteiger partial charge in [-0.25, -0.2) is 4.98 Å². The van der Waals surface area contributed by atoms with Gasteiger partial charge in [0.2, 0.25) is 11.7 Å². The number of aromatic nitrogens is 5. The van der Waals surface area contributed by atoms with Crippen LogP contribution in [0.4, 0.5) is 0 Å². The molecule has 9 nitrogen and oxygen atoms in total. The van der Waals surface area contributed by atoms with Gasteiger partial charge < -0.3 is 13.8 Å². The van der Waals surface area contributed by atoms with E-state index < -0.39 is 0 Å². The summed E-state index contributed by atoms with van der Waals surface area (Å²) >= 11 is 6.24. The normalized spacial score (nSPS) is 12.7. The Balaban J connectivity index is 2.05. The lowest BCUT2D eigenvalue weighted by molar-refractivity contribution is 0.170. The molecule has 1 aromatic carbocycles. The maximum Gasteiger partial charge on any atom is 0.278 e.